The lowest BCUT2D eigenvalue weighted by molar-refractivity contribution is 0.201. The first kappa shape index (κ1) is 20.3. The number of nitrogens with zero attached hydrogens (tertiary/aromatic N) is 3. The number of ether oxygens (including phenoxy) is 1. The molecule has 0 spiro atoms. The standard InChI is InChI=1S/C21H27N3O3S/c1-14-9-17(23-5-7-28-8-6-23)11-18(10-14)24(21(25)26)13-19-16(3)20(27-4)15(2)12-22-19/h9-12H,5-8,13H2,1-4H3,(H,25,26). The molecule has 1 fully saturated rings. The second kappa shape index (κ2) is 8.73. The Balaban J connectivity index is 1.95. The van der Waals surface area contributed by atoms with Crippen LogP contribution in [0.5, 0.6) is 5.75 Å². The van der Waals surface area contributed by atoms with Gasteiger partial charge in [-0.05, 0) is 44.5 Å². The number of benzene rings is 1. The Bertz CT molecular complexity index is 866. The minimum atomic E-state index is -0.994. The fourth-order valence-corrected chi connectivity index (χ4v) is 4.46. The average molecular weight is 402 g/mol. The van der Waals surface area contributed by atoms with Gasteiger partial charge in [0.25, 0.3) is 0 Å². The van der Waals surface area contributed by atoms with E-state index in [1.807, 2.05) is 44.7 Å². The van der Waals surface area contributed by atoms with Crippen LogP contribution in [0.2, 0.25) is 0 Å². The molecule has 6 nitrogen and oxygen atoms in total. The SMILES string of the molecule is COc1c(C)cnc(CN(C(=O)O)c2cc(C)cc(N3CCSCC3)c2)c1C. The number of amides is 1. The molecular formula is C21H27N3O3S. The van der Waals surface area contributed by atoms with Crippen LogP contribution < -0.4 is 14.5 Å². The lowest BCUT2D eigenvalue weighted by Gasteiger charge is -2.30. The summed E-state index contributed by atoms with van der Waals surface area (Å²) in [5.41, 5.74) is 5.29. The predicted octanol–water partition coefficient (Wildman–Crippen LogP) is 4.25. The molecule has 1 N–H and O–H groups in total. The van der Waals surface area contributed by atoms with Crippen molar-refractivity contribution in [1.82, 2.24) is 4.98 Å². The monoisotopic (exact) mass is 401 g/mol. The second-order valence-electron chi connectivity index (χ2n) is 7.04. The van der Waals surface area contributed by atoms with E-state index in [0.717, 1.165) is 52.7 Å². The van der Waals surface area contributed by atoms with E-state index in [9.17, 15) is 9.90 Å². The number of rotatable bonds is 5. The lowest BCUT2D eigenvalue weighted by atomic mass is 10.1. The minimum Gasteiger partial charge on any atom is -0.496 e. The summed E-state index contributed by atoms with van der Waals surface area (Å²) in [6.07, 6.45) is 0.736. The number of methoxy groups -OCH3 is 1. The van der Waals surface area contributed by atoms with E-state index < -0.39 is 6.09 Å². The van der Waals surface area contributed by atoms with Crippen LogP contribution >= 0.6 is 11.8 Å². The highest BCUT2D eigenvalue weighted by molar-refractivity contribution is 7.99. The molecule has 7 heteroatoms. The third kappa shape index (κ3) is 4.35. The van der Waals surface area contributed by atoms with Crippen molar-refractivity contribution < 1.29 is 14.6 Å². The number of aryl methyl sites for hydroxylation is 2. The molecule has 1 aliphatic rings. The van der Waals surface area contributed by atoms with Crippen LogP contribution in [0.1, 0.15) is 22.4 Å². The first-order chi connectivity index (χ1) is 13.4. The highest BCUT2D eigenvalue weighted by Crippen LogP contribution is 2.30. The predicted molar refractivity (Wildman–Crippen MR) is 115 cm³/mol. The Hall–Kier alpha value is -2.41. The fourth-order valence-electron chi connectivity index (χ4n) is 3.55. The van der Waals surface area contributed by atoms with Crippen molar-refractivity contribution in [2.24, 2.45) is 0 Å². The molecule has 2 heterocycles. The molecule has 150 valence electrons. The Morgan fingerprint density at radius 3 is 2.61 bits per heavy atom. The molecule has 3 rings (SSSR count). The normalized spacial score (nSPS) is 14.1. The molecule has 0 bridgehead atoms. The van der Waals surface area contributed by atoms with Gasteiger partial charge in [-0.1, -0.05) is 0 Å². The summed E-state index contributed by atoms with van der Waals surface area (Å²) in [6.45, 7) is 8.00. The summed E-state index contributed by atoms with van der Waals surface area (Å²) >= 11 is 1.95. The summed E-state index contributed by atoms with van der Waals surface area (Å²) in [5, 5.41) is 9.90. The highest BCUT2D eigenvalue weighted by atomic mass is 32.2. The zero-order chi connectivity index (χ0) is 20.3. The van der Waals surface area contributed by atoms with E-state index in [1.54, 1.807) is 13.3 Å². The maximum atomic E-state index is 12.1. The van der Waals surface area contributed by atoms with Gasteiger partial charge in [-0.25, -0.2) is 4.79 Å². The summed E-state index contributed by atoms with van der Waals surface area (Å²) in [7, 11) is 1.62. The third-order valence-corrected chi connectivity index (χ3v) is 5.97. The van der Waals surface area contributed by atoms with Gasteiger partial charge < -0.3 is 14.7 Å². The van der Waals surface area contributed by atoms with E-state index >= 15 is 0 Å². The summed E-state index contributed by atoms with van der Waals surface area (Å²) in [4.78, 5) is 20.2. The molecule has 0 saturated carbocycles. The summed E-state index contributed by atoms with van der Waals surface area (Å²) in [6, 6.07) is 6.01. The number of thioether (sulfide) groups is 1. The number of aromatic nitrogens is 1. The van der Waals surface area contributed by atoms with Crippen LogP contribution in [-0.2, 0) is 6.54 Å². The second-order valence-corrected chi connectivity index (χ2v) is 8.27. The van der Waals surface area contributed by atoms with Crippen LogP contribution in [0.4, 0.5) is 16.2 Å². The zero-order valence-corrected chi connectivity index (χ0v) is 17.7. The molecular weight excluding hydrogens is 374 g/mol. The quantitative estimate of drug-likeness (QED) is 0.808. The van der Waals surface area contributed by atoms with Crippen LogP contribution in [0.25, 0.3) is 0 Å². The van der Waals surface area contributed by atoms with Crippen molar-refractivity contribution >= 4 is 29.2 Å². The molecule has 1 aromatic heterocycles. The molecule has 0 aliphatic carbocycles. The molecule has 1 amide bonds. The number of carboxylic acid groups (broad SMARTS) is 1. The van der Waals surface area contributed by atoms with Crippen molar-refractivity contribution in [3.05, 3.63) is 46.8 Å². The van der Waals surface area contributed by atoms with E-state index in [4.69, 9.17) is 4.74 Å². The third-order valence-electron chi connectivity index (χ3n) is 5.02. The number of pyridine rings is 1. The van der Waals surface area contributed by atoms with Gasteiger partial charge in [-0.2, -0.15) is 11.8 Å². The first-order valence-corrected chi connectivity index (χ1v) is 10.5. The Morgan fingerprint density at radius 2 is 1.96 bits per heavy atom. The largest absolute Gasteiger partial charge is 0.496 e. The van der Waals surface area contributed by atoms with E-state index in [2.05, 4.69) is 16.0 Å². The molecule has 28 heavy (non-hydrogen) atoms. The van der Waals surface area contributed by atoms with Gasteiger partial charge in [0.15, 0.2) is 0 Å². The van der Waals surface area contributed by atoms with E-state index in [0.29, 0.717) is 11.4 Å². The molecule has 1 aliphatic heterocycles. The molecule has 1 aromatic carbocycles. The van der Waals surface area contributed by atoms with Crippen molar-refractivity contribution in [2.75, 3.05) is 41.5 Å². The van der Waals surface area contributed by atoms with Crippen LogP contribution in [0.15, 0.2) is 24.4 Å². The average Bonchev–Trinajstić information content (AvgIpc) is 2.67. The Morgan fingerprint density at radius 1 is 1.25 bits per heavy atom. The van der Waals surface area contributed by atoms with E-state index in [1.165, 1.54) is 4.90 Å². The summed E-state index contributed by atoms with van der Waals surface area (Å²) < 4.78 is 5.47. The summed E-state index contributed by atoms with van der Waals surface area (Å²) in [5.74, 6) is 2.95. The van der Waals surface area contributed by atoms with Gasteiger partial charge in [0.2, 0.25) is 0 Å². The van der Waals surface area contributed by atoms with Gasteiger partial charge in [-0.3, -0.25) is 9.88 Å². The Kier molecular flexibility index (Phi) is 6.34. The topological polar surface area (TPSA) is 65.9 Å². The van der Waals surface area contributed by atoms with Gasteiger partial charge in [0.05, 0.1) is 19.3 Å². The smallest absolute Gasteiger partial charge is 0.412 e. The number of anilines is 2. The Labute approximate surface area is 170 Å². The van der Waals surface area contributed by atoms with Gasteiger partial charge in [0, 0.05) is 53.3 Å². The maximum Gasteiger partial charge on any atom is 0.412 e. The minimum absolute atomic E-state index is 0.177. The van der Waals surface area contributed by atoms with Gasteiger partial charge in [0.1, 0.15) is 5.75 Å². The first-order valence-electron chi connectivity index (χ1n) is 9.34. The van der Waals surface area contributed by atoms with Crippen molar-refractivity contribution in [3.8, 4) is 5.75 Å². The lowest BCUT2D eigenvalue weighted by Crippen LogP contribution is -2.33. The molecule has 1 saturated heterocycles. The van der Waals surface area contributed by atoms with Crippen LogP contribution in [-0.4, -0.2) is 47.9 Å². The molecule has 0 atom stereocenters. The van der Waals surface area contributed by atoms with Crippen molar-refractivity contribution in [2.45, 2.75) is 27.3 Å². The van der Waals surface area contributed by atoms with Gasteiger partial charge >= 0.3 is 6.09 Å². The van der Waals surface area contributed by atoms with Crippen LogP contribution in [0, 0.1) is 20.8 Å². The zero-order valence-electron chi connectivity index (χ0n) is 16.9. The maximum absolute atomic E-state index is 12.1. The highest BCUT2D eigenvalue weighted by Gasteiger charge is 2.21. The van der Waals surface area contributed by atoms with Crippen molar-refractivity contribution in [1.29, 1.82) is 0 Å². The number of hydrogen-bond donors (Lipinski definition) is 1. The fraction of sp³-hybridized carbons (Fsp3) is 0.429. The molecule has 2 aromatic rings. The molecule has 0 unspecified atom stereocenters. The molecule has 0 radical (unpaired) electrons. The van der Waals surface area contributed by atoms with Gasteiger partial charge in [-0.15, -0.1) is 0 Å². The number of hydrogen-bond acceptors (Lipinski definition) is 5. The number of carbonyl (C=O) groups is 1. The van der Waals surface area contributed by atoms with Crippen LogP contribution in [0.3, 0.4) is 0 Å². The van der Waals surface area contributed by atoms with E-state index in [-0.39, 0.29) is 6.54 Å². The van der Waals surface area contributed by atoms with Crippen molar-refractivity contribution in [3.63, 3.8) is 0 Å².